The molecule has 0 saturated heterocycles. The predicted molar refractivity (Wildman–Crippen MR) is 87.8 cm³/mol. The average Bonchev–Trinajstić information content (AvgIpc) is 2.92. The topological polar surface area (TPSA) is 34.9 Å². The fourth-order valence-corrected chi connectivity index (χ4v) is 3.13. The van der Waals surface area contributed by atoms with Gasteiger partial charge in [0.1, 0.15) is 0 Å². The maximum Gasteiger partial charge on any atom is 0.192 e. The molecule has 22 heavy (non-hydrogen) atoms. The number of nitrogens with zero attached hydrogens (tertiary/aromatic N) is 2. The minimum Gasteiger partial charge on any atom is -0.289 e. The van der Waals surface area contributed by atoms with Crippen molar-refractivity contribution in [2.24, 2.45) is 7.05 Å². The minimum absolute atomic E-state index is 0.113. The van der Waals surface area contributed by atoms with Gasteiger partial charge in [-0.2, -0.15) is 5.10 Å². The second kappa shape index (κ2) is 4.95. The summed E-state index contributed by atoms with van der Waals surface area (Å²) >= 11 is 0. The Morgan fingerprint density at radius 1 is 1.09 bits per heavy atom. The number of rotatable bonds is 1. The Hall–Kier alpha value is -2.68. The Balaban J connectivity index is 1.74. The molecule has 0 radical (unpaired) electrons. The lowest BCUT2D eigenvalue weighted by atomic mass is 9.90. The molecule has 1 aliphatic carbocycles. The van der Waals surface area contributed by atoms with Crippen LogP contribution < -0.4 is 0 Å². The van der Waals surface area contributed by atoms with Gasteiger partial charge in [0, 0.05) is 18.3 Å². The van der Waals surface area contributed by atoms with Crippen LogP contribution in [-0.2, 0) is 13.5 Å². The van der Waals surface area contributed by atoms with E-state index in [0.717, 1.165) is 35.2 Å². The monoisotopic (exact) mass is 288 g/mol. The maximum atomic E-state index is 12.6. The minimum atomic E-state index is 0.113. The molecule has 0 atom stereocenters. The molecule has 1 aliphatic rings. The highest BCUT2D eigenvalue weighted by molar-refractivity contribution is 6.13. The largest absolute Gasteiger partial charge is 0.289 e. The third-order valence-electron chi connectivity index (χ3n) is 4.34. The highest BCUT2D eigenvalue weighted by Gasteiger charge is 2.24. The normalized spacial score (nSPS) is 16.2. The first kappa shape index (κ1) is 13.0. The van der Waals surface area contributed by atoms with Crippen molar-refractivity contribution >= 4 is 22.6 Å². The fraction of sp³-hybridized carbons (Fsp3) is 0.158. The second-order valence-electron chi connectivity index (χ2n) is 5.73. The lowest BCUT2D eigenvalue weighted by Crippen LogP contribution is -2.14. The number of hydrogen-bond acceptors (Lipinski definition) is 2. The van der Waals surface area contributed by atoms with Crippen LogP contribution in [-0.4, -0.2) is 15.6 Å². The van der Waals surface area contributed by atoms with Gasteiger partial charge < -0.3 is 0 Å². The molecule has 0 N–H and O–H groups in total. The van der Waals surface area contributed by atoms with E-state index in [1.54, 1.807) is 10.9 Å². The van der Waals surface area contributed by atoms with E-state index in [1.807, 2.05) is 25.3 Å². The summed E-state index contributed by atoms with van der Waals surface area (Å²) in [5.41, 5.74) is 3.74. The van der Waals surface area contributed by atoms with E-state index >= 15 is 0 Å². The van der Waals surface area contributed by atoms with Crippen LogP contribution in [0.1, 0.15) is 28.0 Å². The molecule has 3 heteroatoms. The zero-order chi connectivity index (χ0) is 15.1. The molecule has 3 aromatic rings. The van der Waals surface area contributed by atoms with E-state index in [-0.39, 0.29) is 5.78 Å². The van der Waals surface area contributed by atoms with Crippen molar-refractivity contribution in [2.45, 2.75) is 12.8 Å². The number of fused-ring (bicyclic) bond motifs is 2. The van der Waals surface area contributed by atoms with Gasteiger partial charge in [0.25, 0.3) is 0 Å². The average molecular weight is 288 g/mol. The van der Waals surface area contributed by atoms with Gasteiger partial charge in [0.15, 0.2) is 5.78 Å². The van der Waals surface area contributed by atoms with Gasteiger partial charge >= 0.3 is 0 Å². The van der Waals surface area contributed by atoms with Gasteiger partial charge in [-0.3, -0.25) is 9.48 Å². The Morgan fingerprint density at radius 2 is 1.91 bits per heavy atom. The lowest BCUT2D eigenvalue weighted by Gasteiger charge is -2.14. The number of ketones is 1. The van der Waals surface area contributed by atoms with Gasteiger partial charge in [-0.1, -0.05) is 36.4 Å². The number of aromatic nitrogens is 2. The van der Waals surface area contributed by atoms with Crippen LogP contribution in [0.3, 0.4) is 0 Å². The Bertz CT molecular complexity index is 918. The van der Waals surface area contributed by atoms with Crippen molar-refractivity contribution in [1.29, 1.82) is 0 Å². The highest BCUT2D eigenvalue weighted by Crippen LogP contribution is 2.27. The van der Waals surface area contributed by atoms with Crippen LogP contribution in [0.15, 0.2) is 54.2 Å². The van der Waals surface area contributed by atoms with Crippen LogP contribution in [0.4, 0.5) is 0 Å². The lowest BCUT2D eigenvalue weighted by molar-refractivity contribution is 0.102. The van der Waals surface area contributed by atoms with Crippen LogP contribution in [0, 0.1) is 0 Å². The second-order valence-corrected chi connectivity index (χ2v) is 5.73. The molecule has 0 spiro atoms. The van der Waals surface area contributed by atoms with Gasteiger partial charge in [0.05, 0.1) is 11.8 Å². The van der Waals surface area contributed by atoms with Crippen molar-refractivity contribution in [2.75, 3.05) is 0 Å². The fourth-order valence-electron chi connectivity index (χ4n) is 3.13. The highest BCUT2D eigenvalue weighted by atomic mass is 16.1. The number of hydrogen-bond donors (Lipinski definition) is 0. The summed E-state index contributed by atoms with van der Waals surface area (Å²) in [6, 6.07) is 14.6. The van der Waals surface area contributed by atoms with Crippen LogP contribution in [0.5, 0.6) is 0 Å². The zero-order valence-corrected chi connectivity index (χ0v) is 12.4. The first-order valence-electron chi connectivity index (χ1n) is 7.47. The molecule has 1 heterocycles. The van der Waals surface area contributed by atoms with E-state index in [0.29, 0.717) is 0 Å². The number of Topliss-reactive ketones (excluding diaryl/α,β-unsaturated/α-hetero) is 1. The molecule has 0 bridgehead atoms. The van der Waals surface area contributed by atoms with Crippen LogP contribution >= 0.6 is 0 Å². The van der Waals surface area contributed by atoms with Crippen LogP contribution in [0.25, 0.3) is 16.8 Å². The molecule has 0 fully saturated rings. The van der Waals surface area contributed by atoms with Crippen molar-refractivity contribution < 1.29 is 4.79 Å². The molecule has 0 aliphatic heterocycles. The van der Waals surface area contributed by atoms with Gasteiger partial charge in [0.2, 0.25) is 0 Å². The van der Waals surface area contributed by atoms with Crippen molar-refractivity contribution in [1.82, 2.24) is 9.78 Å². The SMILES string of the molecule is Cn1ncc2c1CC/C(=C/c1ccc3ccccc3c1)C2=O. The van der Waals surface area contributed by atoms with E-state index in [9.17, 15) is 4.79 Å². The van der Waals surface area contributed by atoms with Gasteiger partial charge in [-0.15, -0.1) is 0 Å². The van der Waals surface area contributed by atoms with Crippen LogP contribution in [0.2, 0.25) is 0 Å². The number of benzene rings is 2. The molecular weight excluding hydrogens is 272 g/mol. The maximum absolute atomic E-state index is 12.6. The number of carbonyl (C=O) groups excluding carboxylic acids is 1. The molecule has 3 nitrogen and oxygen atoms in total. The molecule has 1 aromatic heterocycles. The molecule has 0 saturated carbocycles. The summed E-state index contributed by atoms with van der Waals surface area (Å²) < 4.78 is 1.81. The number of carbonyl (C=O) groups is 1. The van der Waals surface area contributed by atoms with Crippen molar-refractivity contribution in [3.05, 3.63) is 71.1 Å². The summed E-state index contributed by atoms with van der Waals surface area (Å²) in [5, 5.41) is 6.61. The van der Waals surface area contributed by atoms with E-state index in [1.165, 1.54) is 10.8 Å². The summed E-state index contributed by atoms with van der Waals surface area (Å²) in [4.78, 5) is 12.6. The van der Waals surface area contributed by atoms with Crippen molar-refractivity contribution in [3.8, 4) is 0 Å². The molecular formula is C19H16N2O. The quantitative estimate of drug-likeness (QED) is 0.639. The van der Waals surface area contributed by atoms with E-state index in [2.05, 4.69) is 35.4 Å². The number of allylic oxidation sites excluding steroid dienone is 1. The Kier molecular flexibility index (Phi) is 2.93. The Labute approximate surface area is 128 Å². The molecule has 108 valence electrons. The van der Waals surface area contributed by atoms with E-state index in [4.69, 9.17) is 0 Å². The summed E-state index contributed by atoms with van der Waals surface area (Å²) in [7, 11) is 1.89. The van der Waals surface area contributed by atoms with E-state index < -0.39 is 0 Å². The third kappa shape index (κ3) is 2.06. The van der Waals surface area contributed by atoms with Gasteiger partial charge in [-0.05, 0) is 41.3 Å². The smallest absolute Gasteiger partial charge is 0.192 e. The summed E-state index contributed by atoms with van der Waals surface area (Å²) in [6.07, 6.45) is 5.35. The van der Waals surface area contributed by atoms with Gasteiger partial charge in [-0.25, -0.2) is 0 Å². The summed E-state index contributed by atoms with van der Waals surface area (Å²) in [5.74, 6) is 0.113. The first-order valence-corrected chi connectivity index (χ1v) is 7.47. The molecule has 2 aromatic carbocycles. The first-order chi connectivity index (χ1) is 10.7. The Morgan fingerprint density at radius 3 is 2.77 bits per heavy atom. The zero-order valence-electron chi connectivity index (χ0n) is 12.4. The molecule has 0 amide bonds. The molecule has 4 rings (SSSR count). The standard InChI is InChI=1S/C19H16N2O/c1-21-18-9-8-16(19(22)17(18)12-20-21)11-13-6-7-14-4-2-3-5-15(14)10-13/h2-7,10-12H,8-9H2,1H3/b16-11-. The molecule has 0 unspecified atom stereocenters. The predicted octanol–water partition coefficient (Wildman–Crippen LogP) is 3.79. The van der Waals surface area contributed by atoms with Crippen molar-refractivity contribution in [3.63, 3.8) is 0 Å². The third-order valence-corrected chi connectivity index (χ3v) is 4.34. The summed E-state index contributed by atoms with van der Waals surface area (Å²) in [6.45, 7) is 0. The number of aryl methyl sites for hydroxylation is 1.